The van der Waals surface area contributed by atoms with E-state index >= 15 is 0 Å². The summed E-state index contributed by atoms with van der Waals surface area (Å²) in [6.07, 6.45) is -123. The molecule has 61 heteroatoms. The zero-order valence-electron chi connectivity index (χ0n) is 74.1. The SMILES string of the molecule is CC(=O)N[C@H]1[C@H](O[C@H]2[C@H](O[C@@H]3O[C@@H](C)[C@@H](O)[C@@H](O)[C@@H]3O)[C@@H](NC(C)=O)C(O)O[C@@H]2CO)O[C@H](CO)[C@@H](O[C@@H]2O[C@H](CO[C@H]3O[C@H](CO[C@H]4O[C@H](CO)[C@@H](O)[C@H](O)[C@@H]4O)[C@@H](O)[C@H](O[C@H]4O[C@H](CO)[C@@H](O)[C@H](O)[C@@H]4O)[C@@H]3O)[C@@H](O)[C@H](O[C@H]3O[C@H](CO)[C@@H](O)[C@H](O)[C@@H]3O[C@@H]3O[C@H](CO)[C@@H](O[C@@H]4O[C@@H](C)[C@@H](O)[C@@H](O)[C@@H]4O)[C@H](O[C@@H]4O[C@H](CO)[C@H](O)[C@H](O)[C@H]4O)[C@H]3NC(C)=O)[C@@H]2O[C@@H]2OC[C@@H](O)[C@H](O)[C@H]2O)[C@@H]1O. The van der Waals surface area contributed by atoms with Crippen molar-refractivity contribution in [2.24, 2.45) is 0 Å². The molecule has 12 fully saturated rings. The molecule has 0 spiro atoms. The summed E-state index contributed by atoms with van der Waals surface area (Å²) in [5.41, 5.74) is 0. The molecule has 59 atom stereocenters. The molecule has 12 heterocycles. The lowest BCUT2D eigenvalue weighted by Crippen LogP contribution is -2.72. The number of carbonyl (C=O) groups is 3. The summed E-state index contributed by atoms with van der Waals surface area (Å²) in [6.45, 7) is -6.66. The molecule has 12 rings (SSSR count). The number of carbonyl (C=O) groups excluding carboxylic acids is 3. The Bertz CT molecular complexity index is 3760. The van der Waals surface area contributed by atoms with Crippen LogP contribution in [0, 0.1) is 0 Å². The second kappa shape index (κ2) is 48.9. The monoisotopic (exact) mass is 2020 g/mol. The van der Waals surface area contributed by atoms with E-state index in [-0.39, 0.29) is 0 Å². The van der Waals surface area contributed by atoms with E-state index in [0.717, 1.165) is 20.8 Å². The Morgan fingerprint density at radius 1 is 0.232 bits per heavy atom. The maximum atomic E-state index is 13.8. The van der Waals surface area contributed by atoms with Gasteiger partial charge in [0.25, 0.3) is 0 Å². The molecule has 0 radical (unpaired) electrons. The van der Waals surface area contributed by atoms with Crippen LogP contribution in [-0.4, -0.2) is 609 Å². The summed E-state index contributed by atoms with van der Waals surface area (Å²) in [4.78, 5) is 40.3. The predicted octanol–water partition coefficient (Wildman–Crippen LogP) is -24.0. The lowest BCUT2D eigenvalue weighted by molar-refractivity contribution is -0.414. The normalized spacial score (nSPS) is 51.6. The molecule has 61 nitrogen and oxygen atoms in total. The van der Waals surface area contributed by atoms with Gasteiger partial charge in [-0.15, -0.1) is 0 Å². The predicted molar refractivity (Wildman–Crippen MR) is 421 cm³/mol. The highest BCUT2D eigenvalue weighted by atomic mass is 16.8. The van der Waals surface area contributed by atoms with Crippen LogP contribution < -0.4 is 16.0 Å². The molecular weight excluding hydrogens is 1890 g/mol. The maximum Gasteiger partial charge on any atom is 0.217 e. The zero-order chi connectivity index (χ0) is 101. The lowest BCUT2D eigenvalue weighted by atomic mass is 9.93. The number of hydrogen-bond acceptors (Lipinski definition) is 58. The molecule has 12 saturated heterocycles. The minimum Gasteiger partial charge on any atom is -0.394 e. The third-order valence-electron chi connectivity index (χ3n) is 25.8. The highest BCUT2D eigenvalue weighted by molar-refractivity contribution is 5.74. The fraction of sp³-hybridized carbons (Fsp3) is 0.961. The first-order chi connectivity index (χ1) is 65.3. The van der Waals surface area contributed by atoms with E-state index in [0.29, 0.717) is 0 Å². The van der Waals surface area contributed by atoms with Crippen LogP contribution in [0.3, 0.4) is 0 Å². The first-order valence-corrected chi connectivity index (χ1v) is 44.3. The van der Waals surface area contributed by atoms with Crippen molar-refractivity contribution >= 4 is 17.7 Å². The molecule has 1 unspecified atom stereocenters. The second-order valence-electron chi connectivity index (χ2n) is 35.4. The minimum absolute atomic E-state index is 0.864. The van der Waals surface area contributed by atoms with Crippen molar-refractivity contribution < 1.29 is 287 Å². The van der Waals surface area contributed by atoms with Gasteiger partial charge < -0.3 is 288 Å². The molecule has 0 bridgehead atoms. The molecule has 800 valence electrons. The van der Waals surface area contributed by atoms with Gasteiger partial charge in [0.15, 0.2) is 75.5 Å². The van der Waals surface area contributed by atoms with Crippen molar-refractivity contribution in [2.45, 2.75) is 397 Å². The number of aliphatic hydroxyl groups is 32. The van der Waals surface area contributed by atoms with Gasteiger partial charge in [0, 0.05) is 20.8 Å². The minimum atomic E-state index is -2.72. The van der Waals surface area contributed by atoms with Crippen LogP contribution in [0.2, 0.25) is 0 Å². The highest BCUT2D eigenvalue weighted by Crippen LogP contribution is 2.43. The van der Waals surface area contributed by atoms with Gasteiger partial charge in [0.1, 0.15) is 274 Å². The fourth-order valence-electron chi connectivity index (χ4n) is 18.0. The largest absolute Gasteiger partial charge is 0.394 e. The topological polar surface area (TPSA) is 947 Å². The van der Waals surface area contributed by atoms with Crippen molar-refractivity contribution in [1.82, 2.24) is 16.0 Å². The van der Waals surface area contributed by atoms with Crippen LogP contribution in [0.25, 0.3) is 0 Å². The average Bonchev–Trinajstić information content (AvgIpc) is 0.744. The third kappa shape index (κ3) is 24.4. The molecule has 0 aromatic rings. The highest BCUT2D eigenvalue weighted by Gasteiger charge is 2.64. The Morgan fingerprint density at radius 2 is 0.529 bits per heavy atom. The first-order valence-electron chi connectivity index (χ1n) is 44.3. The second-order valence-corrected chi connectivity index (χ2v) is 35.4. The molecule has 0 saturated carbocycles. The van der Waals surface area contributed by atoms with E-state index in [9.17, 15) is 178 Å². The van der Waals surface area contributed by atoms with Crippen molar-refractivity contribution in [3.8, 4) is 0 Å². The molecule has 3 amide bonds. The van der Waals surface area contributed by atoms with E-state index in [1.165, 1.54) is 13.8 Å². The summed E-state index contributed by atoms with van der Waals surface area (Å²) < 4.78 is 140. The Morgan fingerprint density at radius 3 is 1.00 bits per heavy atom. The maximum absolute atomic E-state index is 13.8. The zero-order valence-corrected chi connectivity index (χ0v) is 74.1. The van der Waals surface area contributed by atoms with E-state index in [4.69, 9.17) is 109 Å². The van der Waals surface area contributed by atoms with E-state index < -0.39 is 446 Å². The van der Waals surface area contributed by atoms with Crippen LogP contribution in [0.5, 0.6) is 0 Å². The molecule has 12 aliphatic heterocycles. The van der Waals surface area contributed by atoms with Gasteiger partial charge in [-0.25, -0.2) is 0 Å². The number of amides is 3. The lowest BCUT2D eigenvalue weighted by Gasteiger charge is -2.53. The molecule has 0 aliphatic carbocycles. The number of hydrogen-bond donors (Lipinski definition) is 35. The van der Waals surface area contributed by atoms with Gasteiger partial charge in [-0.05, 0) is 13.8 Å². The first kappa shape index (κ1) is 113. The molecule has 0 aromatic carbocycles. The van der Waals surface area contributed by atoms with E-state index in [1.54, 1.807) is 0 Å². The van der Waals surface area contributed by atoms with Crippen molar-refractivity contribution in [3.05, 3.63) is 0 Å². The van der Waals surface area contributed by atoms with Crippen molar-refractivity contribution in [1.29, 1.82) is 0 Å². The quantitative estimate of drug-likeness (QED) is 0.0284. The number of rotatable bonds is 34. The Balaban J connectivity index is 0.964. The third-order valence-corrected chi connectivity index (χ3v) is 25.8. The summed E-state index contributed by atoms with van der Waals surface area (Å²) >= 11 is 0. The standard InChI is InChI=1S/C77H129N3O58/c1-16-34(92)44(102)52(110)72(119-16)132-59-28(12-87)127-68(33(80-20(5)90)61(59)134-74-54(112)47(105)38(96)23(7-82)123-74)137-64-49(107)40(98)25(9-84)125-76(64)136-63-42(100)30(15-118-71-56(114)62(135-75-55(113)48(106)39(97)24(8-83)124-75)41(99)29(128-71)14-117-69-51(109)46(104)37(95)22(6-81)122-69)129-77(65(63)138-70-50(108)36(94)21(91)13-116-70)130-57-26(10-85)126-67(31(43(57)101)78-18(3)88)131-58-27(11-86)121-66(115)32(79-19(4)89)60(58)133-73-53(111)45(103)35(93)17(2)120-73/h16-17,21-77,81-87,91-115H,6-15H2,1-5H3,(H,78,88)(H,79,89)(H,80,90)/t16-,17-,21+,22+,23+,24+,25+,26+,27+,28+,29+,30+,31+,32+,33+,34+,35+,36-,37+,38-,39+,40+,41+,42+,43+,44+,45+,46-,47-,48-,49-,50+,51-,52-,53-,54+,55-,56-,57+,58+,59+,60+,61+,62-,63-,64-,65-,66?,67-,68-,69-,70-,71-,72-,73-,74-,75+,76+,77-/m0/s1. The molecule has 138 heavy (non-hydrogen) atoms. The fourth-order valence-corrected chi connectivity index (χ4v) is 18.0. The summed E-state index contributed by atoms with van der Waals surface area (Å²) in [6, 6.07) is -6.20. The van der Waals surface area contributed by atoms with Gasteiger partial charge in [-0.1, -0.05) is 0 Å². The molecule has 35 N–H and O–H groups in total. The van der Waals surface area contributed by atoms with Gasteiger partial charge >= 0.3 is 0 Å². The Labute approximate surface area is 781 Å². The van der Waals surface area contributed by atoms with Crippen LogP contribution in [-0.2, 0) is 123 Å². The average molecular weight is 2020 g/mol. The van der Waals surface area contributed by atoms with Crippen LogP contribution in [0.1, 0.15) is 34.6 Å². The Kier molecular flexibility index (Phi) is 40.0. The summed E-state index contributed by atoms with van der Waals surface area (Å²) in [7, 11) is 0. The van der Waals surface area contributed by atoms with Crippen LogP contribution >= 0.6 is 0 Å². The van der Waals surface area contributed by atoms with E-state index in [1.807, 2.05) is 0 Å². The van der Waals surface area contributed by atoms with Crippen molar-refractivity contribution in [2.75, 3.05) is 66.1 Å². The Hall–Kier alpha value is -3.79. The molecule has 0 aromatic heterocycles. The van der Waals surface area contributed by atoms with Gasteiger partial charge in [0.2, 0.25) is 17.7 Å². The van der Waals surface area contributed by atoms with Crippen LogP contribution in [0.15, 0.2) is 0 Å². The summed E-state index contributed by atoms with van der Waals surface area (Å²) in [5, 5.41) is 368. The number of nitrogens with one attached hydrogen (secondary N) is 3. The van der Waals surface area contributed by atoms with Gasteiger partial charge in [-0.3, -0.25) is 14.4 Å². The van der Waals surface area contributed by atoms with Crippen molar-refractivity contribution in [3.63, 3.8) is 0 Å². The van der Waals surface area contributed by atoms with Gasteiger partial charge in [-0.2, -0.15) is 0 Å². The molecule has 12 aliphatic rings. The van der Waals surface area contributed by atoms with Gasteiger partial charge in [0.05, 0.1) is 78.3 Å². The number of aliphatic hydroxyl groups excluding tert-OH is 32. The molecular formula is C77H129N3O58. The van der Waals surface area contributed by atoms with E-state index in [2.05, 4.69) is 16.0 Å². The van der Waals surface area contributed by atoms with Crippen LogP contribution in [0.4, 0.5) is 0 Å². The smallest absolute Gasteiger partial charge is 0.217 e. The summed E-state index contributed by atoms with van der Waals surface area (Å²) in [5.74, 6) is -3.08. The number of ether oxygens (including phenoxy) is 23.